The van der Waals surface area contributed by atoms with Crippen LogP contribution in [0.2, 0.25) is 0 Å². The van der Waals surface area contributed by atoms with Gasteiger partial charge >= 0.3 is 0 Å². The van der Waals surface area contributed by atoms with E-state index in [9.17, 15) is 4.79 Å². The van der Waals surface area contributed by atoms with Crippen LogP contribution in [0.25, 0.3) is 10.9 Å². The molecule has 2 aromatic rings. The fraction of sp³-hybridized carbons (Fsp3) is 0.100. The van der Waals surface area contributed by atoms with E-state index in [1.807, 2.05) is 35.9 Å². The second-order valence-corrected chi connectivity index (χ2v) is 3.79. The normalized spacial score (nSPS) is 10.1. The zero-order valence-corrected chi connectivity index (χ0v) is 9.08. The molecule has 0 amide bonds. The number of hydrogen-bond donors (Lipinski definition) is 0. The number of isocyanates is 1. The average molecular weight is 251 g/mol. The van der Waals surface area contributed by atoms with Crippen LogP contribution >= 0.6 is 15.9 Å². The molecule has 0 aliphatic rings. The lowest BCUT2D eigenvalue weighted by atomic mass is 10.2. The highest BCUT2D eigenvalue weighted by atomic mass is 79.9. The van der Waals surface area contributed by atoms with E-state index >= 15 is 0 Å². The molecule has 0 unspecified atom stereocenters. The van der Waals surface area contributed by atoms with Crippen molar-refractivity contribution < 1.29 is 4.79 Å². The van der Waals surface area contributed by atoms with Gasteiger partial charge < -0.3 is 4.57 Å². The smallest absolute Gasteiger partial charge is 0.242 e. The first-order chi connectivity index (χ1) is 6.74. The molecule has 0 bridgehead atoms. The van der Waals surface area contributed by atoms with Gasteiger partial charge in [-0.25, -0.2) is 4.79 Å². The molecule has 0 spiro atoms. The summed E-state index contributed by atoms with van der Waals surface area (Å²) in [5.41, 5.74) is 1.04. The molecule has 0 atom stereocenters. The molecule has 1 aromatic carbocycles. The lowest BCUT2D eigenvalue weighted by Crippen LogP contribution is -1.85. The van der Waals surface area contributed by atoms with E-state index in [4.69, 9.17) is 0 Å². The maximum atomic E-state index is 10.2. The molecule has 0 aliphatic heterocycles. The Labute approximate surface area is 89.2 Å². The van der Waals surface area contributed by atoms with Crippen molar-refractivity contribution in [1.29, 1.82) is 0 Å². The van der Waals surface area contributed by atoms with Crippen molar-refractivity contribution in [2.45, 2.75) is 0 Å². The maximum Gasteiger partial charge on any atom is 0.242 e. The number of aromatic nitrogens is 1. The minimum absolute atomic E-state index is 0.613. The van der Waals surface area contributed by atoms with Crippen molar-refractivity contribution in [3.8, 4) is 0 Å². The van der Waals surface area contributed by atoms with Gasteiger partial charge in [-0.1, -0.05) is 22.0 Å². The minimum Gasteiger partial charge on any atom is -0.328 e. The highest BCUT2D eigenvalue weighted by Crippen LogP contribution is 2.29. The maximum absolute atomic E-state index is 10.2. The highest BCUT2D eigenvalue weighted by Gasteiger charge is 2.06. The molecule has 1 aromatic heterocycles. The number of aryl methyl sites for hydroxylation is 1. The summed E-state index contributed by atoms with van der Waals surface area (Å²) in [4.78, 5) is 13.8. The first-order valence-corrected chi connectivity index (χ1v) is 4.85. The second kappa shape index (κ2) is 3.40. The Morgan fingerprint density at radius 3 is 2.93 bits per heavy atom. The zero-order valence-electron chi connectivity index (χ0n) is 7.49. The molecule has 3 nitrogen and oxygen atoms in total. The number of halogens is 1. The number of fused-ring (bicyclic) bond motifs is 1. The number of benzene rings is 1. The molecule has 0 saturated carbocycles. The molecule has 70 valence electrons. The molecule has 0 radical (unpaired) electrons. The Morgan fingerprint density at radius 1 is 1.50 bits per heavy atom. The van der Waals surface area contributed by atoms with Gasteiger partial charge in [0.15, 0.2) is 0 Å². The van der Waals surface area contributed by atoms with Gasteiger partial charge in [0.2, 0.25) is 6.08 Å². The first-order valence-electron chi connectivity index (χ1n) is 4.06. The molecule has 2 rings (SSSR count). The van der Waals surface area contributed by atoms with E-state index in [0.29, 0.717) is 5.82 Å². The molecule has 0 aliphatic carbocycles. The Balaban J connectivity index is 2.85. The standard InChI is InChI=1S/C10H7BrN2O/c1-13-9-4-2-3-8(11)7(9)5-10(13)12-6-14/h2-5H,1H3. The summed E-state index contributed by atoms with van der Waals surface area (Å²) in [7, 11) is 1.87. The Hall–Kier alpha value is -1.38. The SMILES string of the molecule is Cn1c(N=C=O)cc2c(Br)cccc21. The molecule has 0 saturated heterocycles. The summed E-state index contributed by atoms with van der Waals surface area (Å²) in [6.45, 7) is 0. The predicted molar refractivity (Wildman–Crippen MR) is 58.4 cm³/mol. The van der Waals surface area contributed by atoms with Crippen molar-refractivity contribution in [2.24, 2.45) is 12.0 Å². The first kappa shape index (κ1) is 9.19. The van der Waals surface area contributed by atoms with Crippen LogP contribution in [0.3, 0.4) is 0 Å². The topological polar surface area (TPSA) is 34.4 Å². The van der Waals surface area contributed by atoms with Gasteiger partial charge in [0.05, 0.1) is 5.52 Å². The minimum atomic E-state index is 0.613. The van der Waals surface area contributed by atoms with Crippen LogP contribution < -0.4 is 0 Å². The number of carbonyl (C=O) groups excluding carboxylic acids is 1. The molecular formula is C10H7BrN2O. The summed E-state index contributed by atoms with van der Waals surface area (Å²) in [5.74, 6) is 0.613. The monoisotopic (exact) mass is 250 g/mol. The quantitative estimate of drug-likeness (QED) is 0.566. The number of rotatable bonds is 1. The van der Waals surface area contributed by atoms with Crippen molar-refractivity contribution in [1.82, 2.24) is 4.57 Å². The lowest BCUT2D eigenvalue weighted by Gasteiger charge is -1.97. The zero-order chi connectivity index (χ0) is 10.1. The lowest BCUT2D eigenvalue weighted by molar-refractivity contribution is 0.565. The van der Waals surface area contributed by atoms with Gasteiger partial charge in [0, 0.05) is 16.9 Å². The number of nitrogens with zero attached hydrogens (tertiary/aromatic N) is 2. The largest absolute Gasteiger partial charge is 0.328 e. The van der Waals surface area contributed by atoms with Crippen LogP contribution in [0, 0.1) is 0 Å². The summed E-state index contributed by atoms with van der Waals surface area (Å²) in [5, 5.41) is 1.05. The fourth-order valence-corrected chi connectivity index (χ4v) is 1.93. The van der Waals surface area contributed by atoms with Crippen molar-refractivity contribution in [3.63, 3.8) is 0 Å². The summed E-state index contributed by atoms with van der Waals surface area (Å²) < 4.78 is 2.85. The highest BCUT2D eigenvalue weighted by molar-refractivity contribution is 9.10. The average Bonchev–Trinajstić information content (AvgIpc) is 2.48. The molecule has 1 heterocycles. The summed E-state index contributed by atoms with van der Waals surface area (Å²) in [6.07, 6.45) is 1.54. The van der Waals surface area contributed by atoms with E-state index < -0.39 is 0 Å². The van der Waals surface area contributed by atoms with Crippen molar-refractivity contribution >= 4 is 38.7 Å². The van der Waals surface area contributed by atoms with E-state index in [2.05, 4.69) is 20.9 Å². The van der Waals surface area contributed by atoms with Crippen LogP contribution in [-0.4, -0.2) is 10.6 Å². The van der Waals surface area contributed by atoms with E-state index in [1.54, 1.807) is 6.08 Å². The third-order valence-electron chi connectivity index (χ3n) is 2.17. The van der Waals surface area contributed by atoms with Gasteiger partial charge in [-0.15, -0.1) is 4.99 Å². The van der Waals surface area contributed by atoms with Crippen molar-refractivity contribution in [3.05, 3.63) is 28.7 Å². The van der Waals surface area contributed by atoms with Gasteiger partial charge in [0.1, 0.15) is 5.82 Å². The van der Waals surface area contributed by atoms with Crippen LogP contribution in [0.5, 0.6) is 0 Å². The van der Waals surface area contributed by atoms with E-state index in [-0.39, 0.29) is 0 Å². The third kappa shape index (κ3) is 1.29. The molecule has 0 N–H and O–H groups in total. The Bertz CT molecular complexity index is 538. The summed E-state index contributed by atoms with van der Waals surface area (Å²) >= 11 is 3.44. The van der Waals surface area contributed by atoms with E-state index in [0.717, 1.165) is 15.4 Å². The third-order valence-corrected chi connectivity index (χ3v) is 2.86. The molecule has 0 fully saturated rings. The van der Waals surface area contributed by atoms with Gasteiger partial charge in [-0.3, -0.25) is 0 Å². The van der Waals surface area contributed by atoms with Crippen LogP contribution in [-0.2, 0) is 11.8 Å². The van der Waals surface area contributed by atoms with Crippen LogP contribution in [0.4, 0.5) is 5.82 Å². The molecule has 14 heavy (non-hydrogen) atoms. The molecular weight excluding hydrogens is 244 g/mol. The van der Waals surface area contributed by atoms with Gasteiger partial charge in [-0.2, -0.15) is 0 Å². The Morgan fingerprint density at radius 2 is 2.29 bits per heavy atom. The predicted octanol–water partition coefficient (Wildman–Crippen LogP) is 2.91. The van der Waals surface area contributed by atoms with Crippen molar-refractivity contribution in [2.75, 3.05) is 0 Å². The molecule has 4 heteroatoms. The van der Waals surface area contributed by atoms with Crippen LogP contribution in [0.1, 0.15) is 0 Å². The van der Waals surface area contributed by atoms with Gasteiger partial charge in [0.25, 0.3) is 0 Å². The Kier molecular flexibility index (Phi) is 2.23. The summed E-state index contributed by atoms with van der Waals surface area (Å²) in [6, 6.07) is 7.73. The number of hydrogen-bond acceptors (Lipinski definition) is 2. The second-order valence-electron chi connectivity index (χ2n) is 2.94. The number of aliphatic imine (C=N–C) groups is 1. The fourth-order valence-electron chi connectivity index (χ4n) is 1.46. The van der Waals surface area contributed by atoms with E-state index in [1.165, 1.54) is 0 Å². The van der Waals surface area contributed by atoms with Gasteiger partial charge in [-0.05, 0) is 18.2 Å². The van der Waals surface area contributed by atoms with Crippen LogP contribution in [0.15, 0.2) is 33.7 Å².